The van der Waals surface area contributed by atoms with Crippen LogP contribution in [0.2, 0.25) is 0 Å². The van der Waals surface area contributed by atoms with Crippen molar-refractivity contribution in [1.29, 1.82) is 0 Å². The summed E-state index contributed by atoms with van der Waals surface area (Å²) in [5, 5.41) is 14.8. The molecule has 0 aliphatic heterocycles. The lowest BCUT2D eigenvalue weighted by molar-refractivity contribution is -0.123. The molecule has 0 radical (unpaired) electrons. The van der Waals surface area contributed by atoms with Crippen LogP contribution in [0.15, 0.2) is 30.3 Å². The summed E-state index contributed by atoms with van der Waals surface area (Å²) in [6.07, 6.45) is 1.13. The van der Waals surface area contributed by atoms with Crippen LogP contribution in [0.25, 0.3) is 0 Å². The number of nitrogens with one attached hydrogen (secondary N) is 2. The highest BCUT2D eigenvalue weighted by molar-refractivity contribution is 5.79. The third-order valence-corrected chi connectivity index (χ3v) is 2.90. The first-order chi connectivity index (χ1) is 9.67. The number of aliphatic hydroxyl groups is 1. The molecule has 1 aromatic carbocycles. The summed E-state index contributed by atoms with van der Waals surface area (Å²) in [5.74, 6) is -0.195. The smallest absolute Gasteiger partial charge is 0.220 e. The zero-order valence-electron chi connectivity index (χ0n) is 11.8. The number of hydrogen-bond acceptors (Lipinski definition) is 3. The van der Waals surface area contributed by atoms with Crippen molar-refractivity contribution in [3.8, 4) is 0 Å². The van der Waals surface area contributed by atoms with Crippen LogP contribution in [-0.4, -0.2) is 30.1 Å². The van der Waals surface area contributed by atoms with Crippen molar-refractivity contribution in [1.82, 2.24) is 10.6 Å². The lowest BCUT2D eigenvalue weighted by atomic mass is 10.1. The third kappa shape index (κ3) is 5.84. The molecule has 0 aliphatic carbocycles. The molecule has 1 atom stereocenters. The van der Waals surface area contributed by atoms with Gasteiger partial charge in [0.2, 0.25) is 11.8 Å². The minimum absolute atomic E-state index is 0.0398. The third-order valence-electron chi connectivity index (χ3n) is 2.90. The molecule has 0 heterocycles. The largest absolute Gasteiger partial charge is 0.394 e. The molecule has 1 aromatic rings. The van der Waals surface area contributed by atoms with Gasteiger partial charge in [-0.2, -0.15) is 0 Å². The highest BCUT2D eigenvalue weighted by atomic mass is 16.3. The summed E-state index contributed by atoms with van der Waals surface area (Å²) in [7, 11) is 0. The molecule has 3 N–H and O–H groups in total. The van der Waals surface area contributed by atoms with E-state index in [9.17, 15) is 14.7 Å². The fourth-order valence-corrected chi connectivity index (χ4v) is 1.88. The molecule has 1 rings (SSSR count). The van der Waals surface area contributed by atoms with E-state index < -0.39 is 6.04 Å². The van der Waals surface area contributed by atoms with Gasteiger partial charge < -0.3 is 15.7 Å². The summed E-state index contributed by atoms with van der Waals surface area (Å²) >= 11 is 0. The molecular formula is C15H22N2O3. The van der Waals surface area contributed by atoms with Gasteiger partial charge >= 0.3 is 0 Å². The van der Waals surface area contributed by atoms with Crippen LogP contribution in [0.1, 0.15) is 37.8 Å². The first-order valence-electron chi connectivity index (χ1n) is 6.89. The highest BCUT2D eigenvalue weighted by Crippen LogP contribution is 2.12. The number of hydrogen-bond donors (Lipinski definition) is 3. The van der Waals surface area contributed by atoms with Crippen LogP contribution >= 0.6 is 0 Å². The van der Waals surface area contributed by atoms with Gasteiger partial charge in [0.15, 0.2) is 0 Å². The Labute approximate surface area is 119 Å². The second-order valence-corrected chi connectivity index (χ2v) is 4.52. The Morgan fingerprint density at radius 2 is 1.80 bits per heavy atom. The molecule has 2 amide bonds. The van der Waals surface area contributed by atoms with Crippen LogP contribution in [0.4, 0.5) is 0 Å². The Hall–Kier alpha value is -1.88. The van der Waals surface area contributed by atoms with E-state index in [1.807, 2.05) is 37.3 Å². The molecule has 0 fully saturated rings. The van der Waals surface area contributed by atoms with Crippen molar-refractivity contribution in [2.75, 3.05) is 13.2 Å². The molecular weight excluding hydrogens is 256 g/mol. The second kappa shape index (κ2) is 9.09. The van der Waals surface area contributed by atoms with E-state index in [0.717, 1.165) is 5.56 Å². The standard InChI is InChI=1S/C15H22N2O3/c1-2-16-14(19)9-6-10-15(20)17-13(11-18)12-7-4-3-5-8-12/h3-5,7-8,13,18H,2,6,9-11H2,1H3,(H,16,19)(H,17,20)/t13-/m1/s1. The van der Waals surface area contributed by atoms with Crippen LogP contribution in [0, 0.1) is 0 Å². The minimum Gasteiger partial charge on any atom is -0.394 e. The van der Waals surface area contributed by atoms with Gasteiger partial charge in [-0.3, -0.25) is 9.59 Å². The van der Waals surface area contributed by atoms with Crippen LogP contribution in [0.5, 0.6) is 0 Å². The normalized spacial score (nSPS) is 11.7. The molecule has 5 nitrogen and oxygen atoms in total. The summed E-state index contributed by atoms with van der Waals surface area (Å²) in [6, 6.07) is 8.92. The van der Waals surface area contributed by atoms with E-state index in [-0.39, 0.29) is 24.8 Å². The lowest BCUT2D eigenvalue weighted by Gasteiger charge is -2.16. The summed E-state index contributed by atoms with van der Waals surface area (Å²) in [6.45, 7) is 2.31. The number of aliphatic hydroxyl groups excluding tert-OH is 1. The van der Waals surface area contributed by atoms with E-state index >= 15 is 0 Å². The fourth-order valence-electron chi connectivity index (χ4n) is 1.88. The SMILES string of the molecule is CCNC(=O)CCCC(=O)N[C@H](CO)c1ccccc1. The summed E-state index contributed by atoms with van der Waals surface area (Å²) in [4.78, 5) is 23.0. The molecule has 0 spiro atoms. The number of carbonyl (C=O) groups is 2. The van der Waals surface area contributed by atoms with Gasteiger partial charge in [-0.15, -0.1) is 0 Å². The van der Waals surface area contributed by atoms with Crippen LogP contribution < -0.4 is 10.6 Å². The topological polar surface area (TPSA) is 78.4 Å². The number of amides is 2. The zero-order chi connectivity index (χ0) is 14.8. The molecule has 20 heavy (non-hydrogen) atoms. The zero-order valence-corrected chi connectivity index (χ0v) is 11.8. The Balaban J connectivity index is 2.35. The van der Waals surface area contributed by atoms with E-state index in [2.05, 4.69) is 10.6 Å². The van der Waals surface area contributed by atoms with Gasteiger partial charge in [-0.1, -0.05) is 30.3 Å². The molecule has 5 heteroatoms. The van der Waals surface area contributed by atoms with E-state index in [4.69, 9.17) is 0 Å². The van der Waals surface area contributed by atoms with E-state index in [1.165, 1.54) is 0 Å². The first-order valence-corrected chi connectivity index (χ1v) is 6.89. The van der Waals surface area contributed by atoms with Crippen molar-refractivity contribution in [2.24, 2.45) is 0 Å². The van der Waals surface area contributed by atoms with Crippen molar-refractivity contribution in [3.05, 3.63) is 35.9 Å². The first kappa shape index (κ1) is 16.2. The molecule has 110 valence electrons. The predicted octanol–water partition coefficient (Wildman–Crippen LogP) is 1.14. The van der Waals surface area contributed by atoms with Gasteiger partial charge in [0, 0.05) is 19.4 Å². The minimum atomic E-state index is -0.395. The summed E-state index contributed by atoms with van der Waals surface area (Å²) < 4.78 is 0. The maximum atomic E-state index is 11.8. The number of carbonyl (C=O) groups excluding carboxylic acids is 2. The molecule has 0 aliphatic rings. The fraction of sp³-hybridized carbons (Fsp3) is 0.467. The highest BCUT2D eigenvalue weighted by Gasteiger charge is 2.13. The Kier molecular flexibility index (Phi) is 7.35. The van der Waals surface area contributed by atoms with Crippen LogP contribution in [0.3, 0.4) is 0 Å². The maximum Gasteiger partial charge on any atom is 0.220 e. The van der Waals surface area contributed by atoms with Gasteiger partial charge in [-0.05, 0) is 18.9 Å². The second-order valence-electron chi connectivity index (χ2n) is 4.52. The Morgan fingerprint density at radius 1 is 1.15 bits per heavy atom. The number of benzene rings is 1. The average Bonchev–Trinajstić information content (AvgIpc) is 2.46. The Bertz CT molecular complexity index is 420. The van der Waals surface area contributed by atoms with Crippen molar-refractivity contribution in [3.63, 3.8) is 0 Å². The van der Waals surface area contributed by atoms with Gasteiger partial charge in [0.05, 0.1) is 12.6 Å². The molecule has 0 saturated carbocycles. The quantitative estimate of drug-likeness (QED) is 0.667. The van der Waals surface area contributed by atoms with Crippen molar-refractivity contribution in [2.45, 2.75) is 32.2 Å². The summed E-state index contributed by atoms with van der Waals surface area (Å²) in [5.41, 5.74) is 0.868. The van der Waals surface area contributed by atoms with Gasteiger partial charge in [-0.25, -0.2) is 0 Å². The maximum absolute atomic E-state index is 11.8. The van der Waals surface area contributed by atoms with E-state index in [1.54, 1.807) is 0 Å². The molecule has 0 bridgehead atoms. The van der Waals surface area contributed by atoms with Gasteiger partial charge in [0.1, 0.15) is 0 Å². The van der Waals surface area contributed by atoms with Crippen molar-refractivity contribution < 1.29 is 14.7 Å². The van der Waals surface area contributed by atoms with Crippen molar-refractivity contribution >= 4 is 11.8 Å². The number of rotatable bonds is 8. The lowest BCUT2D eigenvalue weighted by Crippen LogP contribution is -2.31. The van der Waals surface area contributed by atoms with Crippen LogP contribution in [-0.2, 0) is 9.59 Å². The average molecular weight is 278 g/mol. The predicted molar refractivity (Wildman–Crippen MR) is 76.9 cm³/mol. The monoisotopic (exact) mass is 278 g/mol. The molecule has 0 saturated heterocycles. The molecule has 0 unspecified atom stereocenters. The molecule has 0 aromatic heterocycles. The van der Waals surface area contributed by atoms with E-state index in [0.29, 0.717) is 19.4 Å². The van der Waals surface area contributed by atoms with Gasteiger partial charge in [0.25, 0.3) is 0 Å². The Morgan fingerprint density at radius 3 is 2.40 bits per heavy atom.